The number of methoxy groups -OCH3 is 1. The van der Waals surface area contributed by atoms with Gasteiger partial charge in [-0.15, -0.1) is 0 Å². The van der Waals surface area contributed by atoms with Crippen molar-refractivity contribution in [3.63, 3.8) is 0 Å². The second kappa shape index (κ2) is 9.31. The van der Waals surface area contributed by atoms with Crippen molar-refractivity contribution in [3.8, 4) is 11.5 Å². The minimum absolute atomic E-state index is 0.0490. The first-order chi connectivity index (χ1) is 13.9. The molecule has 0 aliphatic carbocycles. The van der Waals surface area contributed by atoms with Crippen LogP contribution in [0.1, 0.15) is 48.1 Å². The van der Waals surface area contributed by atoms with E-state index < -0.39 is 5.97 Å². The van der Waals surface area contributed by atoms with Crippen LogP contribution in [0.25, 0.3) is 0 Å². The molecule has 0 aromatic heterocycles. The molecule has 1 saturated heterocycles. The molecule has 0 bridgehead atoms. The lowest BCUT2D eigenvalue weighted by Gasteiger charge is -2.37. The molecule has 1 unspecified atom stereocenters. The summed E-state index contributed by atoms with van der Waals surface area (Å²) in [4.78, 5) is 13.8. The van der Waals surface area contributed by atoms with Crippen LogP contribution >= 0.6 is 0 Å². The SMILES string of the molecule is CCOc1ccc(C(c2cc(C)cc(C)c2)N2CCC(C(=O)O)CC2)cc1OC. The molecule has 156 valence electrons. The van der Waals surface area contributed by atoms with Crippen molar-refractivity contribution in [2.24, 2.45) is 5.92 Å². The molecule has 3 rings (SSSR count). The Balaban J connectivity index is 2.00. The Labute approximate surface area is 173 Å². The smallest absolute Gasteiger partial charge is 0.306 e. The van der Waals surface area contributed by atoms with E-state index in [9.17, 15) is 9.90 Å². The third-order valence-electron chi connectivity index (χ3n) is 5.61. The topological polar surface area (TPSA) is 59.0 Å². The Kier molecular flexibility index (Phi) is 6.80. The second-order valence-corrected chi connectivity index (χ2v) is 7.82. The molecule has 1 atom stereocenters. The molecule has 2 aromatic rings. The number of benzene rings is 2. The summed E-state index contributed by atoms with van der Waals surface area (Å²) in [5, 5.41) is 9.37. The van der Waals surface area contributed by atoms with Gasteiger partial charge in [0.1, 0.15) is 0 Å². The average Bonchev–Trinajstić information content (AvgIpc) is 2.69. The van der Waals surface area contributed by atoms with Crippen LogP contribution in [0.5, 0.6) is 11.5 Å². The largest absolute Gasteiger partial charge is 0.493 e. The summed E-state index contributed by atoms with van der Waals surface area (Å²) in [6, 6.07) is 12.8. The van der Waals surface area contributed by atoms with Gasteiger partial charge >= 0.3 is 5.97 Å². The highest BCUT2D eigenvalue weighted by atomic mass is 16.5. The molecule has 1 aliphatic rings. The van der Waals surface area contributed by atoms with Crippen molar-refractivity contribution in [2.45, 2.75) is 39.7 Å². The fraction of sp³-hybridized carbons (Fsp3) is 0.458. The third-order valence-corrected chi connectivity index (χ3v) is 5.61. The van der Waals surface area contributed by atoms with E-state index in [0.29, 0.717) is 19.4 Å². The molecule has 5 heteroatoms. The Hall–Kier alpha value is -2.53. The Bertz CT molecular complexity index is 836. The van der Waals surface area contributed by atoms with Crippen molar-refractivity contribution in [1.82, 2.24) is 4.90 Å². The molecule has 1 N–H and O–H groups in total. The van der Waals surface area contributed by atoms with E-state index in [1.807, 2.05) is 13.0 Å². The van der Waals surface area contributed by atoms with Gasteiger partial charge in [0.15, 0.2) is 11.5 Å². The average molecular weight is 398 g/mol. The number of nitrogens with zero attached hydrogens (tertiary/aromatic N) is 1. The first kappa shape index (κ1) is 21.2. The number of carbonyl (C=O) groups is 1. The van der Waals surface area contributed by atoms with Crippen molar-refractivity contribution in [1.29, 1.82) is 0 Å². The number of aryl methyl sites for hydroxylation is 2. The number of carboxylic acid groups (broad SMARTS) is 1. The Morgan fingerprint density at radius 3 is 2.28 bits per heavy atom. The van der Waals surface area contributed by atoms with Gasteiger partial charge in [-0.1, -0.05) is 35.4 Å². The van der Waals surface area contributed by atoms with E-state index in [0.717, 1.165) is 30.2 Å². The Morgan fingerprint density at radius 2 is 1.72 bits per heavy atom. The van der Waals surface area contributed by atoms with E-state index in [4.69, 9.17) is 9.47 Å². The molecule has 0 radical (unpaired) electrons. The van der Waals surface area contributed by atoms with Crippen LogP contribution in [0.3, 0.4) is 0 Å². The number of aliphatic carboxylic acids is 1. The Morgan fingerprint density at radius 1 is 1.07 bits per heavy atom. The van der Waals surface area contributed by atoms with Crippen LogP contribution in [-0.4, -0.2) is 42.8 Å². The number of ether oxygens (including phenoxy) is 2. The fourth-order valence-corrected chi connectivity index (χ4v) is 4.32. The standard InChI is InChI=1S/C24H31NO4/c1-5-29-21-7-6-19(15-22(21)28-4)23(20-13-16(2)12-17(3)14-20)25-10-8-18(9-11-25)24(26)27/h6-7,12-15,18,23H,5,8-11H2,1-4H3,(H,26,27). The summed E-state index contributed by atoms with van der Waals surface area (Å²) in [7, 11) is 1.66. The zero-order chi connectivity index (χ0) is 21.0. The predicted molar refractivity (Wildman–Crippen MR) is 114 cm³/mol. The van der Waals surface area contributed by atoms with Crippen molar-refractivity contribution in [3.05, 3.63) is 58.7 Å². The maximum atomic E-state index is 11.4. The van der Waals surface area contributed by atoms with Crippen molar-refractivity contribution in [2.75, 3.05) is 26.8 Å². The highest BCUT2D eigenvalue weighted by Crippen LogP contribution is 2.37. The summed E-state index contributed by atoms with van der Waals surface area (Å²) in [6.45, 7) is 8.28. The van der Waals surface area contributed by atoms with Gasteiger partial charge in [0.2, 0.25) is 0 Å². The summed E-state index contributed by atoms with van der Waals surface area (Å²) < 4.78 is 11.3. The van der Waals surface area contributed by atoms with Gasteiger partial charge in [-0.3, -0.25) is 9.69 Å². The van der Waals surface area contributed by atoms with E-state index in [1.165, 1.54) is 16.7 Å². The molecular weight excluding hydrogens is 366 g/mol. The number of carboxylic acids is 1. The number of hydrogen-bond acceptors (Lipinski definition) is 4. The minimum atomic E-state index is -0.685. The van der Waals surface area contributed by atoms with Crippen LogP contribution < -0.4 is 9.47 Å². The molecule has 0 spiro atoms. The van der Waals surface area contributed by atoms with Crippen molar-refractivity contribution < 1.29 is 19.4 Å². The molecular formula is C24H31NO4. The first-order valence-electron chi connectivity index (χ1n) is 10.3. The van der Waals surface area contributed by atoms with Crippen molar-refractivity contribution >= 4 is 5.97 Å². The lowest BCUT2D eigenvalue weighted by Crippen LogP contribution is -2.39. The van der Waals surface area contributed by atoms with Gasteiger partial charge in [0, 0.05) is 0 Å². The zero-order valence-corrected chi connectivity index (χ0v) is 17.8. The third kappa shape index (κ3) is 4.91. The highest BCUT2D eigenvalue weighted by Gasteiger charge is 2.30. The summed E-state index contributed by atoms with van der Waals surface area (Å²) in [5.74, 6) is 0.526. The number of piperidine rings is 1. The minimum Gasteiger partial charge on any atom is -0.493 e. The summed E-state index contributed by atoms with van der Waals surface area (Å²) in [6.07, 6.45) is 1.34. The summed E-state index contributed by atoms with van der Waals surface area (Å²) >= 11 is 0. The molecule has 2 aromatic carbocycles. The predicted octanol–water partition coefficient (Wildman–Crippen LogP) is 4.60. The maximum absolute atomic E-state index is 11.4. The molecule has 1 fully saturated rings. The van der Waals surface area contributed by atoms with Crippen LogP contribution in [0.2, 0.25) is 0 Å². The quantitative estimate of drug-likeness (QED) is 0.740. The number of likely N-dealkylation sites (tertiary alicyclic amines) is 1. The van der Waals surface area contributed by atoms with Crippen LogP contribution in [-0.2, 0) is 4.79 Å². The van der Waals surface area contributed by atoms with Gasteiger partial charge in [-0.05, 0) is 70.0 Å². The normalized spacial score (nSPS) is 16.4. The van der Waals surface area contributed by atoms with E-state index in [-0.39, 0.29) is 12.0 Å². The molecule has 5 nitrogen and oxygen atoms in total. The molecule has 1 aliphatic heterocycles. The van der Waals surface area contributed by atoms with Gasteiger partial charge in [0.25, 0.3) is 0 Å². The van der Waals surface area contributed by atoms with Gasteiger partial charge in [-0.2, -0.15) is 0 Å². The molecule has 1 heterocycles. The summed E-state index contributed by atoms with van der Waals surface area (Å²) in [5.41, 5.74) is 4.80. The van der Waals surface area contributed by atoms with Gasteiger partial charge in [0.05, 0.1) is 25.7 Å². The van der Waals surface area contributed by atoms with Gasteiger partial charge < -0.3 is 14.6 Å². The van der Waals surface area contributed by atoms with Crippen LogP contribution in [0.15, 0.2) is 36.4 Å². The first-order valence-corrected chi connectivity index (χ1v) is 10.3. The van der Waals surface area contributed by atoms with E-state index in [1.54, 1.807) is 7.11 Å². The van der Waals surface area contributed by atoms with E-state index in [2.05, 4.69) is 49.1 Å². The zero-order valence-electron chi connectivity index (χ0n) is 17.8. The molecule has 0 amide bonds. The second-order valence-electron chi connectivity index (χ2n) is 7.82. The molecule has 29 heavy (non-hydrogen) atoms. The fourth-order valence-electron chi connectivity index (χ4n) is 4.32. The lowest BCUT2D eigenvalue weighted by atomic mass is 9.90. The van der Waals surface area contributed by atoms with Crippen LogP contribution in [0, 0.1) is 19.8 Å². The number of rotatable bonds is 7. The van der Waals surface area contributed by atoms with E-state index >= 15 is 0 Å². The number of hydrogen-bond donors (Lipinski definition) is 1. The van der Waals surface area contributed by atoms with Crippen LogP contribution in [0.4, 0.5) is 0 Å². The monoisotopic (exact) mass is 397 g/mol. The molecule has 0 saturated carbocycles. The van der Waals surface area contributed by atoms with Gasteiger partial charge in [-0.25, -0.2) is 0 Å². The maximum Gasteiger partial charge on any atom is 0.306 e. The highest BCUT2D eigenvalue weighted by molar-refractivity contribution is 5.70. The lowest BCUT2D eigenvalue weighted by molar-refractivity contribution is -0.143.